The van der Waals surface area contributed by atoms with Gasteiger partial charge in [0, 0.05) is 51.3 Å². The third kappa shape index (κ3) is 4.18. The van der Waals surface area contributed by atoms with E-state index in [2.05, 4.69) is 30.8 Å². The molecule has 0 unspecified atom stereocenters. The lowest BCUT2D eigenvalue weighted by Crippen LogP contribution is -2.51. The van der Waals surface area contributed by atoms with Crippen molar-refractivity contribution < 1.29 is 0 Å². The topological polar surface area (TPSA) is 70.6 Å². The van der Waals surface area contributed by atoms with E-state index in [9.17, 15) is 0 Å². The number of pyridine rings is 2. The number of rotatable bonds is 4. The van der Waals surface area contributed by atoms with Crippen LogP contribution in [0, 0.1) is 0 Å². The zero-order chi connectivity index (χ0) is 15.9. The molecule has 0 bridgehead atoms. The summed E-state index contributed by atoms with van der Waals surface area (Å²) in [6.45, 7) is 4.27. The standard InChI is InChI=1S/C17H22N6/c18-17(21-9-6-15-4-3-7-19-14-15)23-12-10-22(11-13-23)16-5-1-2-8-20-16/h1-5,7-8,14H,6,9-13H2,(H2,18,21). The molecule has 6 nitrogen and oxygen atoms in total. The van der Waals surface area contributed by atoms with Gasteiger partial charge in [0.1, 0.15) is 5.82 Å². The summed E-state index contributed by atoms with van der Waals surface area (Å²) in [5, 5.41) is 0. The van der Waals surface area contributed by atoms with Gasteiger partial charge >= 0.3 is 0 Å². The molecule has 1 aliphatic heterocycles. The minimum absolute atomic E-state index is 0.634. The summed E-state index contributed by atoms with van der Waals surface area (Å²) in [5.41, 5.74) is 7.31. The number of hydrogen-bond donors (Lipinski definition) is 1. The van der Waals surface area contributed by atoms with Gasteiger partial charge in [-0.15, -0.1) is 0 Å². The largest absolute Gasteiger partial charge is 0.370 e. The Bertz CT molecular complexity index is 620. The molecule has 1 aliphatic rings. The molecule has 2 aromatic rings. The highest BCUT2D eigenvalue weighted by Crippen LogP contribution is 2.12. The van der Waals surface area contributed by atoms with Gasteiger partial charge in [-0.25, -0.2) is 4.98 Å². The molecule has 0 saturated carbocycles. The minimum atomic E-state index is 0.634. The molecule has 1 saturated heterocycles. The second kappa shape index (κ2) is 7.58. The van der Waals surface area contributed by atoms with E-state index in [0.717, 1.165) is 38.4 Å². The molecule has 0 aromatic carbocycles. The fourth-order valence-corrected chi connectivity index (χ4v) is 2.65. The molecule has 23 heavy (non-hydrogen) atoms. The average molecular weight is 310 g/mol. The fraction of sp³-hybridized carbons (Fsp3) is 0.353. The first-order valence-corrected chi connectivity index (χ1v) is 7.93. The molecule has 2 N–H and O–H groups in total. The van der Waals surface area contributed by atoms with Gasteiger partial charge in [0.05, 0.1) is 0 Å². The predicted octanol–water partition coefficient (Wildman–Crippen LogP) is 1.16. The Morgan fingerprint density at radius 2 is 1.96 bits per heavy atom. The van der Waals surface area contributed by atoms with Crippen molar-refractivity contribution in [2.24, 2.45) is 10.7 Å². The molecule has 0 atom stereocenters. The van der Waals surface area contributed by atoms with E-state index in [1.165, 1.54) is 5.56 Å². The fourth-order valence-electron chi connectivity index (χ4n) is 2.65. The van der Waals surface area contributed by atoms with Crippen LogP contribution in [-0.2, 0) is 6.42 Å². The maximum absolute atomic E-state index is 6.12. The van der Waals surface area contributed by atoms with E-state index >= 15 is 0 Å². The zero-order valence-corrected chi connectivity index (χ0v) is 13.2. The van der Waals surface area contributed by atoms with Gasteiger partial charge in [0.25, 0.3) is 0 Å². The summed E-state index contributed by atoms with van der Waals surface area (Å²) in [6, 6.07) is 10.0. The Morgan fingerprint density at radius 3 is 2.65 bits per heavy atom. The van der Waals surface area contributed by atoms with Crippen LogP contribution in [0.4, 0.5) is 5.82 Å². The summed E-state index contributed by atoms with van der Waals surface area (Å²) < 4.78 is 0. The molecule has 3 rings (SSSR count). The second-order valence-corrected chi connectivity index (χ2v) is 5.51. The van der Waals surface area contributed by atoms with Gasteiger partial charge < -0.3 is 15.5 Å². The van der Waals surface area contributed by atoms with Crippen molar-refractivity contribution in [3.63, 3.8) is 0 Å². The summed E-state index contributed by atoms with van der Waals surface area (Å²) in [6.07, 6.45) is 6.35. The monoisotopic (exact) mass is 310 g/mol. The molecule has 0 aliphatic carbocycles. The zero-order valence-electron chi connectivity index (χ0n) is 13.2. The Morgan fingerprint density at radius 1 is 1.09 bits per heavy atom. The van der Waals surface area contributed by atoms with E-state index in [1.807, 2.05) is 36.7 Å². The van der Waals surface area contributed by atoms with E-state index in [-0.39, 0.29) is 0 Å². The molecule has 1 fully saturated rings. The molecule has 2 aromatic heterocycles. The Hall–Kier alpha value is -2.63. The first-order valence-electron chi connectivity index (χ1n) is 7.93. The van der Waals surface area contributed by atoms with E-state index in [4.69, 9.17) is 5.73 Å². The van der Waals surface area contributed by atoms with Crippen molar-refractivity contribution in [3.8, 4) is 0 Å². The van der Waals surface area contributed by atoms with Crippen molar-refractivity contribution in [2.45, 2.75) is 6.42 Å². The summed E-state index contributed by atoms with van der Waals surface area (Å²) >= 11 is 0. The van der Waals surface area contributed by atoms with Crippen molar-refractivity contribution in [2.75, 3.05) is 37.6 Å². The number of anilines is 1. The quantitative estimate of drug-likeness (QED) is 0.678. The molecule has 0 spiro atoms. The Balaban J connectivity index is 1.48. The lowest BCUT2D eigenvalue weighted by Gasteiger charge is -2.35. The predicted molar refractivity (Wildman–Crippen MR) is 92.5 cm³/mol. The van der Waals surface area contributed by atoms with Crippen LogP contribution in [0.1, 0.15) is 5.56 Å². The van der Waals surface area contributed by atoms with Crippen LogP contribution in [-0.4, -0.2) is 53.6 Å². The Kier molecular flexibility index (Phi) is 5.03. The normalized spacial score (nSPS) is 15.7. The summed E-state index contributed by atoms with van der Waals surface area (Å²) in [4.78, 5) is 17.4. The van der Waals surface area contributed by atoms with Gasteiger partial charge in [0.15, 0.2) is 5.96 Å². The van der Waals surface area contributed by atoms with Crippen molar-refractivity contribution in [1.82, 2.24) is 14.9 Å². The summed E-state index contributed by atoms with van der Waals surface area (Å²) in [7, 11) is 0. The number of aromatic nitrogens is 2. The third-order valence-electron chi connectivity index (χ3n) is 3.97. The average Bonchev–Trinajstić information content (AvgIpc) is 2.63. The number of guanidine groups is 1. The molecular formula is C17H22N6. The van der Waals surface area contributed by atoms with E-state index in [0.29, 0.717) is 12.5 Å². The van der Waals surface area contributed by atoms with Crippen LogP contribution in [0.25, 0.3) is 0 Å². The minimum Gasteiger partial charge on any atom is -0.370 e. The van der Waals surface area contributed by atoms with Crippen molar-refractivity contribution in [3.05, 3.63) is 54.5 Å². The number of hydrogen-bond acceptors (Lipinski definition) is 4. The van der Waals surface area contributed by atoms with Crippen LogP contribution in [0.15, 0.2) is 53.9 Å². The van der Waals surface area contributed by atoms with Crippen LogP contribution in [0.5, 0.6) is 0 Å². The maximum Gasteiger partial charge on any atom is 0.191 e. The highest BCUT2D eigenvalue weighted by atomic mass is 15.3. The highest BCUT2D eigenvalue weighted by Gasteiger charge is 2.18. The van der Waals surface area contributed by atoms with Crippen molar-refractivity contribution in [1.29, 1.82) is 0 Å². The highest BCUT2D eigenvalue weighted by molar-refractivity contribution is 5.78. The number of aliphatic imine (C=N–C) groups is 1. The molecule has 0 radical (unpaired) electrons. The van der Waals surface area contributed by atoms with Gasteiger partial charge in [-0.2, -0.15) is 0 Å². The van der Waals surface area contributed by atoms with Crippen LogP contribution >= 0.6 is 0 Å². The van der Waals surface area contributed by atoms with Gasteiger partial charge in [-0.05, 0) is 30.2 Å². The lowest BCUT2D eigenvalue weighted by molar-refractivity contribution is 0.379. The van der Waals surface area contributed by atoms with E-state index in [1.54, 1.807) is 6.20 Å². The van der Waals surface area contributed by atoms with E-state index < -0.39 is 0 Å². The summed E-state index contributed by atoms with van der Waals surface area (Å²) in [5.74, 6) is 1.66. The van der Waals surface area contributed by atoms with Gasteiger partial charge in [-0.1, -0.05) is 12.1 Å². The lowest BCUT2D eigenvalue weighted by atomic mass is 10.2. The first-order chi connectivity index (χ1) is 11.3. The smallest absolute Gasteiger partial charge is 0.191 e. The number of nitrogens with zero attached hydrogens (tertiary/aromatic N) is 5. The molecule has 3 heterocycles. The van der Waals surface area contributed by atoms with Crippen molar-refractivity contribution >= 4 is 11.8 Å². The Labute approximate surface area is 136 Å². The first kappa shape index (κ1) is 15.3. The van der Waals surface area contributed by atoms with Gasteiger partial charge in [0.2, 0.25) is 0 Å². The number of nitrogens with two attached hydrogens (primary N) is 1. The second-order valence-electron chi connectivity index (χ2n) is 5.51. The molecule has 0 amide bonds. The molecular weight excluding hydrogens is 288 g/mol. The van der Waals surface area contributed by atoms with Crippen LogP contribution < -0.4 is 10.6 Å². The molecule has 120 valence electrons. The maximum atomic E-state index is 6.12. The molecule has 6 heteroatoms. The van der Waals surface area contributed by atoms with Crippen LogP contribution in [0.2, 0.25) is 0 Å². The third-order valence-corrected chi connectivity index (χ3v) is 3.97. The van der Waals surface area contributed by atoms with Crippen LogP contribution in [0.3, 0.4) is 0 Å². The number of piperazine rings is 1. The van der Waals surface area contributed by atoms with Gasteiger partial charge in [-0.3, -0.25) is 9.98 Å². The SMILES string of the molecule is NC(=NCCc1cccnc1)N1CCN(c2ccccn2)CC1.